The third kappa shape index (κ3) is 10.4. The van der Waals surface area contributed by atoms with Crippen molar-refractivity contribution in [1.82, 2.24) is 4.90 Å². The largest absolute Gasteiger partial charge is 0.493 e. The molecule has 11 heteroatoms. The van der Waals surface area contributed by atoms with Crippen LogP contribution in [0.15, 0.2) is 30.3 Å². The number of esters is 2. The van der Waals surface area contributed by atoms with Gasteiger partial charge in [0, 0.05) is 6.08 Å². The Hall–Kier alpha value is -4.12. The summed E-state index contributed by atoms with van der Waals surface area (Å²) in [7, 11) is 11.1. The SMILES string of the molecule is COc1cc(/C=C/C(=O)OCCCCN(C)CCCCOC(=O)c2cc(OC)c(OC)c(OC)c2)cc(OC)c1OC. The van der Waals surface area contributed by atoms with E-state index >= 15 is 0 Å². The number of unbranched alkanes of at least 4 members (excludes halogenated alkanes) is 2. The number of hydrogen-bond donors (Lipinski definition) is 0. The van der Waals surface area contributed by atoms with E-state index in [-0.39, 0.29) is 0 Å². The van der Waals surface area contributed by atoms with Crippen molar-refractivity contribution in [2.24, 2.45) is 0 Å². The first-order valence-corrected chi connectivity index (χ1v) is 13.6. The number of carbonyl (C=O) groups is 2. The van der Waals surface area contributed by atoms with Crippen molar-refractivity contribution in [2.75, 3.05) is 76.0 Å². The fraction of sp³-hybridized carbons (Fsp3) is 0.484. The van der Waals surface area contributed by atoms with Crippen molar-refractivity contribution in [3.8, 4) is 34.5 Å². The first-order valence-electron chi connectivity index (χ1n) is 13.6. The lowest BCUT2D eigenvalue weighted by atomic mass is 10.1. The molecule has 232 valence electrons. The van der Waals surface area contributed by atoms with E-state index in [2.05, 4.69) is 4.90 Å². The van der Waals surface area contributed by atoms with Crippen LogP contribution >= 0.6 is 0 Å². The summed E-state index contributed by atoms with van der Waals surface area (Å²) < 4.78 is 42.6. The molecule has 0 aromatic heterocycles. The summed E-state index contributed by atoms with van der Waals surface area (Å²) in [6, 6.07) is 6.64. The summed E-state index contributed by atoms with van der Waals surface area (Å²) >= 11 is 0. The van der Waals surface area contributed by atoms with Gasteiger partial charge in [-0.25, -0.2) is 9.59 Å². The molecule has 0 amide bonds. The molecule has 0 spiro atoms. The van der Waals surface area contributed by atoms with Crippen molar-refractivity contribution < 1.29 is 47.5 Å². The van der Waals surface area contributed by atoms with Gasteiger partial charge in [0.05, 0.1) is 61.4 Å². The standard InChI is InChI=1S/C31H43NO10/c1-32(15-9-11-17-42-31(34)23-20-26(37-4)30(40-7)27(21-23)38-5)14-8-10-16-41-28(33)13-12-22-18-24(35-2)29(39-6)25(19-22)36-3/h12-13,18-21H,8-11,14-17H2,1-7H3/b13-12+. The fourth-order valence-corrected chi connectivity index (χ4v) is 4.11. The lowest BCUT2D eigenvalue weighted by Gasteiger charge is -2.16. The van der Waals surface area contributed by atoms with Gasteiger partial charge in [-0.1, -0.05) is 0 Å². The maximum absolute atomic E-state index is 12.5. The molecule has 0 fully saturated rings. The Morgan fingerprint density at radius 1 is 0.643 bits per heavy atom. The monoisotopic (exact) mass is 589 g/mol. The van der Waals surface area contributed by atoms with E-state index in [1.165, 1.54) is 48.7 Å². The molecule has 2 rings (SSSR count). The van der Waals surface area contributed by atoms with Crippen LogP contribution in [0.5, 0.6) is 34.5 Å². The van der Waals surface area contributed by atoms with Crippen LogP contribution in [0.4, 0.5) is 0 Å². The summed E-state index contributed by atoms with van der Waals surface area (Å²) in [5.74, 6) is 1.84. The van der Waals surface area contributed by atoms with Gasteiger partial charge in [0.1, 0.15) is 0 Å². The van der Waals surface area contributed by atoms with Crippen LogP contribution in [-0.2, 0) is 14.3 Å². The van der Waals surface area contributed by atoms with Crippen molar-refractivity contribution in [3.63, 3.8) is 0 Å². The first-order chi connectivity index (χ1) is 20.3. The van der Waals surface area contributed by atoms with Gasteiger partial charge in [-0.2, -0.15) is 0 Å². The van der Waals surface area contributed by atoms with E-state index in [0.29, 0.717) is 53.3 Å². The third-order valence-corrected chi connectivity index (χ3v) is 6.35. The Morgan fingerprint density at radius 2 is 1.10 bits per heavy atom. The average molecular weight is 590 g/mol. The topological polar surface area (TPSA) is 111 Å². The molecule has 0 radical (unpaired) electrons. The zero-order valence-corrected chi connectivity index (χ0v) is 25.7. The van der Waals surface area contributed by atoms with Gasteiger partial charge in [-0.05, 0) is 81.7 Å². The van der Waals surface area contributed by atoms with E-state index in [1.54, 1.807) is 30.3 Å². The second kappa shape index (κ2) is 18.3. The Balaban J connectivity index is 1.63. The van der Waals surface area contributed by atoms with Gasteiger partial charge < -0.3 is 42.8 Å². The predicted octanol–water partition coefficient (Wildman–Crippen LogP) is 4.64. The third-order valence-electron chi connectivity index (χ3n) is 6.35. The molecule has 0 aliphatic carbocycles. The van der Waals surface area contributed by atoms with Crippen molar-refractivity contribution in [3.05, 3.63) is 41.5 Å². The van der Waals surface area contributed by atoms with Crippen LogP contribution in [0.3, 0.4) is 0 Å². The minimum Gasteiger partial charge on any atom is -0.493 e. The second-order valence-corrected chi connectivity index (χ2v) is 9.23. The van der Waals surface area contributed by atoms with Crippen molar-refractivity contribution in [1.29, 1.82) is 0 Å². The molecular formula is C31H43NO10. The number of rotatable bonds is 19. The Morgan fingerprint density at radius 3 is 1.55 bits per heavy atom. The minimum absolute atomic E-state index is 0.308. The highest BCUT2D eigenvalue weighted by Gasteiger charge is 2.18. The smallest absolute Gasteiger partial charge is 0.338 e. The molecule has 0 heterocycles. The first kappa shape index (κ1) is 34.1. The molecule has 0 unspecified atom stereocenters. The van der Waals surface area contributed by atoms with Gasteiger partial charge in [-0.3, -0.25) is 0 Å². The van der Waals surface area contributed by atoms with Gasteiger partial charge >= 0.3 is 11.9 Å². The van der Waals surface area contributed by atoms with Crippen LogP contribution in [-0.4, -0.2) is 92.8 Å². The number of hydrogen-bond acceptors (Lipinski definition) is 11. The van der Waals surface area contributed by atoms with E-state index in [4.69, 9.17) is 37.9 Å². The van der Waals surface area contributed by atoms with Crippen molar-refractivity contribution in [2.45, 2.75) is 25.7 Å². The highest BCUT2D eigenvalue weighted by molar-refractivity contribution is 5.91. The molecule has 0 aliphatic rings. The van der Waals surface area contributed by atoms with E-state index < -0.39 is 11.9 Å². The number of carbonyl (C=O) groups excluding carboxylic acids is 2. The Kier molecular flexibility index (Phi) is 14.9. The van der Waals surface area contributed by atoms with Crippen LogP contribution in [0.1, 0.15) is 41.6 Å². The van der Waals surface area contributed by atoms with Crippen LogP contribution in [0.25, 0.3) is 6.08 Å². The molecule has 0 aliphatic heterocycles. The van der Waals surface area contributed by atoms with Gasteiger partial charge in [-0.15, -0.1) is 0 Å². The van der Waals surface area contributed by atoms with E-state index in [0.717, 1.165) is 44.3 Å². The summed E-state index contributed by atoms with van der Waals surface area (Å²) in [6.07, 6.45) is 6.26. The quantitative estimate of drug-likeness (QED) is 0.130. The Bertz CT molecular complexity index is 1130. The van der Waals surface area contributed by atoms with Crippen LogP contribution < -0.4 is 28.4 Å². The number of methoxy groups -OCH3 is 6. The van der Waals surface area contributed by atoms with Gasteiger partial charge in [0.2, 0.25) is 11.5 Å². The fourth-order valence-electron chi connectivity index (χ4n) is 4.11. The second-order valence-electron chi connectivity index (χ2n) is 9.23. The molecule has 11 nitrogen and oxygen atoms in total. The summed E-state index contributed by atoms with van der Waals surface area (Å²) in [6.45, 7) is 2.37. The average Bonchev–Trinajstić information content (AvgIpc) is 3.01. The van der Waals surface area contributed by atoms with Crippen LogP contribution in [0.2, 0.25) is 0 Å². The molecule has 0 saturated carbocycles. The highest BCUT2D eigenvalue weighted by Crippen LogP contribution is 2.39. The molecule has 2 aromatic carbocycles. The predicted molar refractivity (Wildman–Crippen MR) is 158 cm³/mol. The molecule has 0 bridgehead atoms. The molecule has 0 atom stereocenters. The summed E-state index contributed by atoms with van der Waals surface area (Å²) in [5.41, 5.74) is 1.05. The summed E-state index contributed by atoms with van der Waals surface area (Å²) in [5, 5.41) is 0. The highest BCUT2D eigenvalue weighted by atomic mass is 16.5. The zero-order valence-electron chi connectivity index (χ0n) is 25.7. The lowest BCUT2D eigenvalue weighted by Crippen LogP contribution is -2.21. The van der Waals surface area contributed by atoms with Crippen molar-refractivity contribution >= 4 is 18.0 Å². The molecule has 2 aromatic rings. The maximum Gasteiger partial charge on any atom is 0.338 e. The molecule has 0 saturated heterocycles. The van der Waals surface area contributed by atoms with Crippen LogP contribution in [0, 0.1) is 0 Å². The lowest BCUT2D eigenvalue weighted by molar-refractivity contribution is -0.137. The number of nitrogens with zero attached hydrogens (tertiary/aromatic N) is 1. The van der Waals surface area contributed by atoms with E-state index in [1.807, 2.05) is 7.05 Å². The summed E-state index contributed by atoms with van der Waals surface area (Å²) in [4.78, 5) is 26.8. The normalized spacial score (nSPS) is 10.9. The maximum atomic E-state index is 12.5. The number of benzene rings is 2. The minimum atomic E-state index is -0.449. The van der Waals surface area contributed by atoms with Gasteiger partial charge in [0.15, 0.2) is 23.0 Å². The molecular weight excluding hydrogens is 546 g/mol. The molecule has 0 N–H and O–H groups in total. The molecule has 42 heavy (non-hydrogen) atoms. The van der Waals surface area contributed by atoms with Gasteiger partial charge in [0.25, 0.3) is 0 Å². The van der Waals surface area contributed by atoms with E-state index in [9.17, 15) is 9.59 Å². The number of ether oxygens (including phenoxy) is 8. The zero-order chi connectivity index (χ0) is 30.9. The Labute approximate surface area is 248 Å².